The van der Waals surface area contributed by atoms with E-state index in [1.165, 1.54) is 24.3 Å². The molecule has 38 heavy (non-hydrogen) atoms. The fourth-order valence-electron chi connectivity index (χ4n) is 6.44. The SMILES string of the molecule is FC(F)(F)c1ccc([Si@@]2(c3ccccc3)CCCC[Si@@]2(c2ccccc2)c2ccc(C(F)(F)F)cc2)cc1. The molecule has 1 aliphatic rings. The maximum atomic E-state index is 13.5. The Hall–Kier alpha value is -3.11. The smallest absolute Gasteiger partial charge is 0.166 e. The van der Waals surface area contributed by atoms with Crippen molar-refractivity contribution in [3.8, 4) is 0 Å². The van der Waals surface area contributed by atoms with Crippen molar-refractivity contribution in [2.24, 2.45) is 0 Å². The Morgan fingerprint density at radius 3 is 0.974 bits per heavy atom. The van der Waals surface area contributed by atoms with Crippen LogP contribution in [0.4, 0.5) is 26.3 Å². The predicted octanol–water partition coefficient (Wildman–Crippen LogP) is 6.42. The molecule has 0 bridgehead atoms. The van der Waals surface area contributed by atoms with Crippen LogP contribution in [0.25, 0.3) is 0 Å². The highest BCUT2D eigenvalue weighted by Crippen LogP contribution is 2.37. The van der Waals surface area contributed by atoms with Crippen LogP contribution in [0.2, 0.25) is 12.1 Å². The maximum Gasteiger partial charge on any atom is 0.416 e. The van der Waals surface area contributed by atoms with Gasteiger partial charge >= 0.3 is 12.4 Å². The number of rotatable bonds is 4. The molecule has 0 aromatic heterocycles. The first kappa shape index (κ1) is 26.5. The van der Waals surface area contributed by atoms with E-state index in [0.29, 0.717) is 0 Å². The minimum atomic E-state index is -4.45. The van der Waals surface area contributed by atoms with Crippen LogP contribution in [0.15, 0.2) is 109 Å². The van der Waals surface area contributed by atoms with Crippen LogP contribution < -0.4 is 20.7 Å². The van der Waals surface area contributed by atoms with Gasteiger partial charge in [-0.25, -0.2) is 0 Å². The third-order valence-corrected chi connectivity index (χ3v) is 26.3. The predicted molar refractivity (Wildman–Crippen MR) is 145 cm³/mol. The van der Waals surface area contributed by atoms with Crippen molar-refractivity contribution < 1.29 is 26.3 Å². The van der Waals surface area contributed by atoms with Gasteiger partial charge in [-0.2, -0.15) is 26.3 Å². The normalized spacial score (nSPS) is 22.3. The molecule has 0 N–H and O–H groups in total. The van der Waals surface area contributed by atoms with Gasteiger partial charge in [-0.3, -0.25) is 0 Å². The first-order valence-corrected chi connectivity index (χ1v) is 18.0. The standard InChI is InChI=1S/C30H26F6Si2/c31-29(32,33)23-13-17-27(18-14-23)37(25-9-3-1-4-10-25)21-7-8-22-38(37,26-11-5-2-6-12-26)28-19-15-24(16-20-28)30(34,35)36/h1-6,9-20H,7-8,21-22H2/t37-,38+. The molecule has 0 radical (unpaired) electrons. The van der Waals surface area contributed by atoms with E-state index in [9.17, 15) is 26.3 Å². The summed E-state index contributed by atoms with van der Waals surface area (Å²) in [6.45, 7) is 0. The summed E-state index contributed by atoms with van der Waals surface area (Å²) in [5, 5.41) is 4.06. The minimum absolute atomic E-state index is 0.698. The molecule has 0 aliphatic carbocycles. The molecule has 5 rings (SSSR count). The Morgan fingerprint density at radius 2 is 0.684 bits per heavy atom. The fraction of sp³-hybridized carbons (Fsp3) is 0.200. The van der Waals surface area contributed by atoms with Crippen LogP contribution in [0.3, 0.4) is 0 Å². The molecule has 0 saturated carbocycles. The van der Waals surface area contributed by atoms with E-state index in [4.69, 9.17) is 0 Å². The summed E-state index contributed by atoms with van der Waals surface area (Å²) in [6.07, 6.45) is -7.06. The van der Waals surface area contributed by atoms with Crippen LogP contribution in [-0.4, -0.2) is 15.2 Å². The second-order valence-electron chi connectivity index (χ2n) is 9.90. The van der Waals surface area contributed by atoms with Gasteiger partial charge in [0.05, 0.1) is 11.1 Å². The van der Waals surface area contributed by atoms with Gasteiger partial charge in [0, 0.05) is 0 Å². The Bertz CT molecular complexity index is 1260. The highest BCUT2D eigenvalue weighted by molar-refractivity contribution is 7.59. The molecule has 0 spiro atoms. The number of alkyl halides is 6. The quantitative estimate of drug-likeness (QED) is 0.201. The van der Waals surface area contributed by atoms with Crippen LogP contribution in [-0.2, 0) is 12.4 Å². The van der Waals surface area contributed by atoms with E-state index in [1.54, 1.807) is 24.3 Å². The summed E-state index contributed by atoms with van der Waals surface area (Å²) in [5.41, 5.74) is -1.40. The van der Waals surface area contributed by atoms with Crippen molar-refractivity contribution in [1.82, 2.24) is 0 Å². The lowest BCUT2D eigenvalue weighted by Crippen LogP contribution is -2.86. The zero-order valence-corrected chi connectivity index (χ0v) is 22.5. The lowest BCUT2D eigenvalue weighted by atomic mass is 10.2. The summed E-state index contributed by atoms with van der Waals surface area (Å²) < 4.78 is 81.1. The molecule has 1 heterocycles. The molecule has 4 aromatic carbocycles. The van der Waals surface area contributed by atoms with Crippen molar-refractivity contribution in [3.05, 3.63) is 120 Å². The molecule has 1 fully saturated rings. The molecule has 8 heteroatoms. The molecule has 1 saturated heterocycles. The van der Waals surface area contributed by atoms with E-state index in [2.05, 4.69) is 24.3 Å². The van der Waals surface area contributed by atoms with Crippen LogP contribution in [0.5, 0.6) is 0 Å². The average molecular weight is 557 g/mol. The van der Waals surface area contributed by atoms with E-state index >= 15 is 0 Å². The van der Waals surface area contributed by atoms with Crippen molar-refractivity contribution in [2.45, 2.75) is 37.3 Å². The van der Waals surface area contributed by atoms with Gasteiger partial charge in [0.15, 0.2) is 0 Å². The zero-order chi connectivity index (χ0) is 27.0. The number of hydrogen-bond donors (Lipinski definition) is 0. The third-order valence-electron chi connectivity index (χ3n) is 8.03. The molecule has 4 aromatic rings. The van der Waals surface area contributed by atoms with E-state index in [-0.39, 0.29) is 0 Å². The Balaban J connectivity index is 1.85. The number of benzene rings is 4. The lowest BCUT2D eigenvalue weighted by Gasteiger charge is -2.52. The highest BCUT2D eigenvalue weighted by atomic mass is 29.3. The third kappa shape index (κ3) is 4.43. The van der Waals surface area contributed by atoms with Crippen LogP contribution >= 0.6 is 0 Å². The summed E-state index contributed by atoms with van der Waals surface area (Å²) >= 11 is 0. The summed E-state index contributed by atoms with van der Waals surface area (Å²) in [4.78, 5) is 0. The second-order valence-corrected chi connectivity index (χ2v) is 22.0. The first-order valence-electron chi connectivity index (χ1n) is 12.6. The molecular weight excluding hydrogens is 530 g/mol. The molecule has 0 amide bonds. The number of halogens is 6. The average Bonchev–Trinajstić information content (AvgIpc) is 2.93. The van der Waals surface area contributed by atoms with Crippen molar-refractivity contribution >= 4 is 35.9 Å². The Labute approximate surface area is 219 Å². The van der Waals surface area contributed by atoms with Gasteiger partial charge in [0.2, 0.25) is 0 Å². The highest BCUT2D eigenvalue weighted by Gasteiger charge is 2.60. The van der Waals surface area contributed by atoms with Gasteiger partial charge in [0.25, 0.3) is 0 Å². The Morgan fingerprint density at radius 1 is 0.395 bits per heavy atom. The first-order chi connectivity index (χ1) is 18.1. The minimum Gasteiger partial charge on any atom is -0.166 e. The monoisotopic (exact) mass is 556 g/mol. The summed E-state index contributed by atoms with van der Waals surface area (Å²) in [6, 6.07) is 32.8. The largest absolute Gasteiger partial charge is 0.416 e. The van der Waals surface area contributed by atoms with Gasteiger partial charge in [-0.1, -0.05) is 155 Å². The van der Waals surface area contributed by atoms with Crippen LogP contribution in [0.1, 0.15) is 24.0 Å². The fourth-order valence-corrected chi connectivity index (χ4v) is 27.2. The summed E-state index contributed by atoms with van der Waals surface area (Å²) in [7, 11) is -5.70. The second kappa shape index (κ2) is 9.89. The van der Waals surface area contributed by atoms with E-state index in [1.807, 2.05) is 36.4 Å². The zero-order valence-electron chi connectivity index (χ0n) is 20.5. The maximum absolute atomic E-state index is 13.5. The molecule has 196 valence electrons. The molecule has 2 atom stereocenters. The van der Waals surface area contributed by atoms with Gasteiger partial charge in [-0.05, 0) is 0 Å². The van der Waals surface area contributed by atoms with Gasteiger partial charge in [0.1, 0.15) is 15.2 Å². The van der Waals surface area contributed by atoms with Gasteiger partial charge < -0.3 is 0 Å². The van der Waals surface area contributed by atoms with Crippen molar-refractivity contribution in [1.29, 1.82) is 0 Å². The molecule has 0 nitrogen and oxygen atoms in total. The van der Waals surface area contributed by atoms with Crippen LogP contribution in [0, 0.1) is 0 Å². The van der Waals surface area contributed by atoms with E-state index in [0.717, 1.165) is 45.7 Å². The number of hydrogen-bond acceptors (Lipinski definition) is 0. The van der Waals surface area contributed by atoms with Crippen molar-refractivity contribution in [2.75, 3.05) is 0 Å². The summed E-state index contributed by atoms with van der Waals surface area (Å²) in [5.74, 6) is 0. The van der Waals surface area contributed by atoms with Crippen molar-refractivity contribution in [3.63, 3.8) is 0 Å². The van der Waals surface area contributed by atoms with Gasteiger partial charge in [-0.15, -0.1) is 0 Å². The topological polar surface area (TPSA) is 0 Å². The molecule has 1 aliphatic heterocycles. The molecule has 0 unspecified atom stereocenters. The molecular formula is C30H26F6Si2. The lowest BCUT2D eigenvalue weighted by molar-refractivity contribution is -0.138. The van der Waals surface area contributed by atoms with E-state index < -0.39 is 38.7 Å². The Kier molecular flexibility index (Phi) is 6.90.